The third kappa shape index (κ3) is 4.67. The van der Waals surface area contributed by atoms with Crippen molar-refractivity contribution < 1.29 is 14.6 Å². The minimum Gasteiger partial charge on any atom is -0.396 e. The van der Waals surface area contributed by atoms with Gasteiger partial charge in [0.25, 0.3) is 11.5 Å². The first kappa shape index (κ1) is 21.9. The van der Waals surface area contributed by atoms with E-state index in [4.69, 9.17) is 22.1 Å². The lowest BCUT2D eigenvalue weighted by atomic mass is 10.2. The number of nitrogens with zero attached hydrogens (tertiary/aromatic N) is 3. The number of fused-ring (bicyclic) bond motifs is 1. The Morgan fingerprint density at radius 3 is 3.00 bits per heavy atom. The fourth-order valence-corrected chi connectivity index (χ4v) is 4.85. The van der Waals surface area contributed by atoms with E-state index in [-0.39, 0.29) is 24.2 Å². The molecule has 2 aliphatic heterocycles. The van der Waals surface area contributed by atoms with Gasteiger partial charge in [-0.2, -0.15) is 0 Å². The molecule has 0 radical (unpaired) electrons. The largest absolute Gasteiger partial charge is 0.396 e. The van der Waals surface area contributed by atoms with Gasteiger partial charge in [-0.15, -0.1) is 0 Å². The van der Waals surface area contributed by atoms with Gasteiger partial charge in [-0.1, -0.05) is 30.0 Å². The van der Waals surface area contributed by atoms with Crippen LogP contribution in [0.4, 0.5) is 5.82 Å². The second-order valence-electron chi connectivity index (χ2n) is 7.55. The molecule has 31 heavy (non-hydrogen) atoms. The van der Waals surface area contributed by atoms with Crippen molar-refractivity contribution in [3.05, 3.63) is 44.7 Å². The van der Waals surface area contributed by atoms with Crippen molar-refractivity contribution in [2.45, 2.75) is 32.3 Å². The molecular formula is C21H24N4O4S2. The van der Waals surface area contributed by atoms with Crippen LogP contribution < -0.4 is 10.9 Å². The molecule has 2 saturated heterocycles. The number of hydrogen-bond acceptors (Lipinski definition) is 8. The zero-order chi connectivity index (χ0) is 22.0. The fraction of sp³-hybridized carbons (Fsp3) is 0.429. The lowest BCUT2D eigenvalue weighted by Crippen LogP contribution is -2.35. The number of pyridine rings is 1. The summed E-state index contributed by atoms with van der Waals surface area (Å²) < 4.78 is 7.58. The molecule has 10 heteroatoms. The normalized spacial score (nSPS) is 20.4. The molecule has 0 bridgehead atoms. The summed E-state index contributed by atoms with van der Waals surface area (Å²) >= 11 is 6.60. The Morgan fingerprint density at radius 2 is 2.26 bits per heavy atom. The molecule has 1 amide bonds. The van der Waals surface area contributed by atoms with Crippen LogP contribution in [0.25, 0.3) is 11.7 Å². The van der Waals surface area contributed by atoms with Gasteiger partial charge in [-0.05, 0) is 43.9 Å². The number of thiocarbonyl (C=S) groups is 1. The maximum atomic E-state index is 13.3. The molecular weight excluding hydrogens is 436 g/mol. The van der Waals surface area contributed by atoms with Gasteiger partial charge in [0, 0.05) is 26.0 Å². The van der Waals surface area contributed by atoms with Crippen LogP contribution in [0.1, 0.15) is 30.4 Å². The summed E-state index contributed by atoms with van der Waals surface area (Å²) in [7, 11) is 0. The number of hydrogen-bond donors (Lipinski definition) is 2. The molecule has 2 aromatic rings. The number of nitrogens with one attached hydrogen (secondary N) is 1. The maximum Gasteiger partial charge on any atom is 0.267 e. The van der Waals surface area contributed by atoms with Gasteiger partial charge < -0.3 is 15.2 Å². The van der Waals surface area contributed by atoms with Crippen molar-refractivity contribution in [1.29, 1.82) is 0 Å². The van der Waals surface area contributed by atoms with Crippen molar-refractivity contribution >= 4 is 51.7 Å². The molecule has 4 heterocycles. The van der Waals surface area contributed by atoms with Crippen LogP contribution in [-0.4, -0.2) is 62.0 Å². The van der Waals surface area contributed by atoms with E-state index in [9.17, 15) is 9.59 Å². The molecule has 4 rings (SSSR count). The number of aliphatic hydroxyl groups is 1. The number of anilines is 1. The van der Waals surface area contributed by atoms with E-state index in [1.54, 1.807) is 23.2 Å². The standard InChI is InChI=1S/C21H24N4O4S2/c1-13-5-6-17-23-18(22-7-3-8-26)15(19(27)24(17)11-13)10-16-20(28)25(21(30)31-16)12-14-4-2-9-29-14/h5-6,10-11,14,22,26H,2-4,7-9,12H2,1H3/b16-10-/t14-/m0/s1. The smallest absolute Gasteiger partial charge is 0.267 e. The zero-order valence-electron chi connectivity index (χ0n) is 17.2. The van der Waals surface area contributed by atoms with Crippen LogP contribution in [0, 0.1) is 6.92 Å². The summed E-state index contributed by atoms with van der Waals surface area (Å²) in [6.45, 7) is 3.51. The molecule has 0 aromatic carbocycles. The quantitative estimate of drug-likeness (QED) is 0.369. The Morgan fingerprint density at radius 1 is 1.42 bits per heavy atom. The Bertz CT molecular complexity index is 1110. The number of aromatic nitrogens is 2. The first-order valence-corrected chi connectivity index (χ1v) is 11.4. The number of thioether (sulfide) groups is 1. The highest BCUT2D eigenvalue weighted by molar-refractivity contribution is 8.26. The topological polar surface area (TPSA) is 96.2 Å². The number of amides is 1. The summed E-state index contributed by atoms with van der Waals surface area (Å²) in [5, 5.41) is 12.2. The third-order valence-corrected chi connectivity index (χ3v) is 6.57. The molecule has 2 fully saturated rings. The van der Waals surface area contributed by atoms with Crippen molar-refractivity contribution in [1.82, 2.24) is 14.3 Å². The summed E-state index contributed by atoms with van der Waals surface area (Å²) in [6.07, 6.45) is 5.69. The van der Waals surface area contributed by atoms with Crippen LogP contribution >= 0.6 is 24.0 Å². The van der Waals surface area contributed by atoms with Crippen LogP contribution in [0.2, 0.25) is 0 Å². The number of ether oxygens (including phenoxy) is 1. The molecule has 164 valence electrons. The molecule has 8 nitrogen and oxygen atoms in total. The average Bonchev–Trinajstić information content (AvgIpc) is 3.35. The summed E-state index contributed by atoms with van der Waals surface area (Å²) in [4.78, 5) is 32.8. The van der Waals surface area contributed by atoms with Gasteiger partial charge in [0.1, 0.15) is 15.8 Å². The predicted octanol–water partition coefficient (Wildman–Crippen LogP) is 2.18. The fourth-order valence-electron chi connectivity index (χ4n) is 3.59. The predicted molar refractivity (Wildman–Crippen MR) is 125 cm³/mol. The first-order chi connectivity index (χ1) is 15.0. The van der Waals surface area contributed by atoms with Gasteiger partial charge in [-0.25, -0.2) is 4.98 Å². The van der Waals surface area contributed by atoms with E-state index in [0.29, 0.717) is 52.4 Å². The van der Waals surface area contributed by atoms with Gasteiger partial charge >= 0.3 is 0 Å². The Kier molecular flexibility index (Phi) is 6.71. The first-order valence-electron chi connectivity index (χ1n) is 10.2. The lowest BCUT2D eigenvalue weighted by molar-refractivity contribution is -0.123. The van der Waals surface area contributed by atoms with E-state index in [2.05, 4.69) is 10.3 Å². The molecule has 0 saturated carbocycles. The molecule has 2 N–H and O–H groups in total. The van der Waals surface area contributed by atoms with Crippen molar-refractivity contribution in [2.24, 2.45) is 0 Å². The summed E-state index contributed by atoms with van der Waals surface area (Å²) in [5.74, 6) is 0.159. The summed E-state index contributed by atoms with van der Waals surface area (Å²) in [5.41, 5.74) is 1.44. The summed E-state index contributed by atoms with van der Waals surface area (Å²) in [6, 6.07) is 3.66. The third-order valence-electron chi connectivity index (χ3n) is 5.19. The molecule has 0 spiro atoms. The number of carbonyl (C=O) groups is 1. The van der Waals surface area contributed by atoms with Crippen LogP contribution in [0.3, 0.4) is 0 Å². The lowest BCUT2D eigenvalue weighted by Gasteiger charge is -2.18. The number of aryl methyl sites for hydroxylation is 1. The molecule has 2 aliphatic rings. The van der Waals surface area contributed by atoms with Crippen molar-refractivity contribution in [2.75, 3.05) is 31.6 Å². The van der Waals surface area contributed by atoms with Crippen LogP contribution in [0.15, 0.2) is 28.0 Å². The number of carbonyl (C=O) groups excluding carboxylic acids is 1. The van der Waals surface area contributed by atoms with Crippen molar-refractivity contribution in [3.63, 3.8) is 0 Å². The van der Waals surface area contributed by atoms with Crippen LogP contribution in [0.5, 0.6) is 0 Å². The van der Waals surface area contributed by atoms with Crippen LogP contribution in [-0.2, 0) is 9.53 Å². The van der Waals surface area contributed by atoms with E-state index in [0.717, 1.165) is 18.4 Å². The monoisotopic (exact) mass is 460 g/mol. The van der Waals surface area contributed by atoms with Gasteiger partial charge in [0.05, 0.1) is 23.1 Å². The Labute approximate surface area is 189 Å². The van der Waals surface area contributed by atoms with E-state index in [1.165, 1.54) is 16.2 Å². The minimum atomic E-state index is -0.274. The van der Waals surface area contributed by atoms with E-state index < -0.39 is 0 Å². The molecule has 0 aliphatic carbocycles. The van der Waals surface area contributed by atoms with Crippen molar-refractivity contribution in [3.8, 4) is 0 Å². The highest BCUT2D eigenvalue weighted by atomic mass is 32.2. The van der Waals surface area contributed by atoms with Gasteiger partial charge in [0.15, 0.2) is 0 Å². The van der Waals surface area contributed by atoms with E-state index in [1.807, 2.05) is 13.0 Å². The second kappa shape index (κ2) is 9.47. The Balaban J connectivity index is 1.71. The van der Waals surface area contributed by atoms with Gasteiger partial charge in [0.2, 0.25) is 0 Å². The minimum absolute atomic E-state index is 0.00602. The highest BCUT2D eigenvalue weighted by Gasteiger charge is 2.35. The Hall–Kier alpha value is -2.27. The zero-order valence-corrected chi connectivity index (χ0v) is 18.8. The molecule has 0 unspecified atom stereocenters. The maximum absolute atomic E-state index is 13.3. The highest BCUT2D eigenvalue weighted by Crippen LogP contribution is 2.34. The number of aliphatic hydroxyl groups excluding tert-OH is 1. The van der Waals surface area contributed by atoms with Gasteiger partial charge in [-0.3, -0.25) is 18.9 Å². The molecule has 1 atom stereocenters. The second-order valence-corrected chi connectivity index (χ2v) is 9.22. The SMILES string of the molecule is Cc1ccc2nc(NCCCO)c(/C=C3\SC(=S)N(C[C@@H]4CCCO4)C3=O)c(=O)n2c1. The molecule has 2 aromatic heterocycles. The average molecular weight is 461 g/mol. The number of rotatable bonds is 7. The van der Waals surface area contributed by atoms with E-state index >= 15 is 0 Å².